The van der Waals surface area contributed by atoms with Crippen molar-refractivity contribution in [3.63, 3.8) is 0 Å². The van der Waals surface area contributed by atoms with Gasteiger partial charge in [-0.05, 0) is 55.3 Å². The van der Waals surface area contributed by atoms with Crippen LogP contribution in [0.5, 0.6) is 0 Å². The molecule has 25 heavy (non-hydrogen) atoms. The molecule has 2 heterocycles. The minimum absolute atomic E-state index is 0.0489. The van der Waals surface area contributed by atoms with Gasteiger partial charge in [-0.15, -0.1) is 0 Å². The topological polar surface area (TPSA) is 71.5 Å². The van der Waals surface area contributed by atoms with E-state index in [1.807, 2.05) is 0 Å². The molecule has 0 aliphatic carbocycles. The van der Waals surface area contributed by atoms with Crippen LogP contribution >= 0.6 is 15.9 Å². The van der Waals surface area contributed by atoms with Crippen LogP contribution in [0.1, 0.15) is 32.8 Å². The molecule has 0 saturated carbocycles. The van der Waals surface area contributed by atoms with Crippen LogP contribution in [0.25, 0.3) is 0 Å². The summed E-state index contributed by atoms with van der Waals surface area (Å²) in [6.45, 7) is 6.42. The first kappa shape index (κ1) is 19.6. The van der Waals surface area contributed by atoms with Gasteiger partial charge in [0.05, 0.1) is 6.54 Å². The number of ether oxygens (including phenoxy) is 1. The van der Waals surface area contributed by atoms with Crippen molar-refractivity contribution in [1.82, 2.24) is 9.88 Å². The highest BCUT2D eigenvalue weighted by Crippen LogP contribution is 2.26. The van der Waals surface area contributed by atoms with Gasteiger partial charge < -0.3 is 10.1 Å². The predicted octanol–water partition coefficient (Wildman–Crippen LogP) is 3.58. The number of nitrogens with zero attached hydrogens (tertiary/aromatic N) is 2. The van der Waals surface area contributed by atoms with Crippen LogP contribution < -0.4 is 5.32 Å². The van der Waals surface area contributed by atoms with Crippen molar-refractivity contribution in [1.29, 1.82) is 0 Å². The third-order valence-corrected chi connectivity index (χ3v) is 4.10. The first-order valence-corrected chi connectivity index (χ1v) is 8.54. The molecule has 0 bridgehead atoms. The molecule has 1 aromatic heterocycles. The number of pyridine rings is 1. The normalized spacial score (nSPS) is 20.5. The summed E-state index contributed by atoms with van der Waals surface area (Å²) in [7, 11) is 0. The lowest BCUT2D eigenvalue weighted by Crippen LogP contribution is -2.45. The van der Waals surface area contributed by atoms with Crippen molar-refractivity contribution in [3.05, 3.63) is 22.1 Å². The lowest BCUT2D eigenvalue weighted by molar-refractivity contribution is -0.120. The van der Waals surface area contributed by atoms with Gasteiger partial charge in [0.1, 0.15) is 28.2 Å². The Bertz CT molecular complexity index is 694. The largest absolute Gasteiger partial charge is 0.444 e. The zero-order valence-corrected chi connectivity index (χ0v) is 16.0. The molecule has 0 radical (unpaired) electrons. The van der Waals surface area contributed by atoms with Gasteiger partial charge in [-0.3, -0.25) is 9.69 Å². The summed E-state index contributed by atoms with van der Waals surface area (Å²) in [6.07, 6.45) is -2.21. The van der Waals surface area contributed by atoms with Crippen molar-refractivity contribution >= 4 is 33.7 Å². The summed E-state index contributed by atoms with van der Waals surface area (Å²) in [5.41, 5.74) is -0.348. The summed E-state index contributed by atoms with van der Waals surface area (Å²) >= 11 is 2.95. The minimum atomic E-state index is -1.32. The summed E-state index contributed by atoms with van der Waals surface area (Å²) in [5.74, 6) is -1.01. The number of amides is 2. The second-order valence-corrected chi connectivity index (χ2v) is 7.65. The fourth-order valence-corrected chi connectivity index (χ4v) is 2.73. The van der Waals surface area contributed by atoms with Crippen LogP contribution in [0.3, 0.4) is 0 Å². The van der Waals surface area contributed by atoms with Crippen LogP contribution in [0.2, 0.25) is 0 Å². The number of carbonyl (C=O) groups excluding carboxylic acids is 2. The third-order valence-electron chi connectivity index (χ3n) is 3.55. The van der Waals surface area contributed by atoms with E-state index >= 15 is 0 Å². The van der Waals surface area contributed by atoms with Crippen molar-refractivity contribution in [2.45, 2.75) is 51.9 Å². The van der Waals surface area contributed by atoms with Crippen molar-refractivity contribution in [3.8, 4) is 0 Å². The van der Waals surface area contributed by atoms with E-state index < -0.39 is 35.6 Å². The van der Waals surface area contributed by atoms with E-state index in [9.17, 15) is 18.4 Å². The molecule has 1 saturated heterocycles. The molecule has 2 amide bonds. The Labute approximate surface area is 153 Å². The zero-order valence-electron chi connectivity index (χ0n) is 14.4. The van der Waals surface area contributed by atoms with Gasteiger partial charge in [-0.25, -0.2) is 18.6 Å². The van der Waals surface area contributed by atoms with Gasteiger partial charge >= 0.3 is 6.09 Å². The number of likely N-dealkylation sites (tertiary alicyclic amines) is 1. The SMILES string of the molecule is Cc1cc(F)c(Br)nc1NC(=O)[C@@H]1C[C@@H](F)CN1C(=O)OC(C)(C)C. The Morgan fingerprint density at radius 3 is 2.68 bits per heavy atom. The molecular formula is C16H20BrF2N3O3. The van der Waals surface area contributed by atoms with E-state index in [2.05, 4.69) is 26.2 Å². The molecule has 1 fully saturated rings. The van der Waals surface area contributed by atoms with Crippen LogP contribution in [0, 0.1) is 12.7 Å². The van der Waals surface area contributed by atoms with Crippen molar-refractivity contribution in [2.75, 3.05) is 11.9 Å². The van der Waals surface area contributed by atoms with Crippen LogP contribution in [0.4, 0.5) is 19.4 Å². The quantitative estimate of drug-likeness (QED) is 0.743. The summed E-state index contributed by atoms with van der Waals surface area (Å²) in [4.78, 5) is 29.7. The molecule has 9 heteroatoms. The maximum Gasteiger partial charge on any atom is 0.411 e. The smallest absolute Gasteiger partial charge is 0.411 e. The number of aromatic nitrogens is 1. The number of nitrogens with one attached hydrogen (secondary N) is 1. The van der Waals surface area contributed by atoms with Crippen LogP contribution in [-0.4, -0.2) is 46.2 Å². The molecule has 2 atom stereocenters. The lowest BCUT2D eigenvalue weighted by atomic mass is 10.2. The Hall–Kier alpha value is -1.77. The molecule has 0 aromatic carbocycles. The second-order valence-electron chi connectivity index (χ2n) is 6.90. The van der Waals surface area contributed by atoms with Crippen molar-refractivity contribution in [2.24, 2.45) is 0 Å². The summed E-state index contributed by atoms with van der Waals surface area (Å²) < 4.78 is 32.4. The highest BCUT2D eigenvalue weighted by atomic mass is 79.9. The fourth-order valence-electron chi connectivity index (χ4n) is 2.44. The fraction of sp³-hybridized carbons (Fsp3) is 0.562. The molecule has 0 unspecified atom stereocenters. The molecule has 1 aromatic rings. The Kier molecular flexibility index (Phi) is 5.65. The maximum absolute atomic E-state index is 13.8. The van der Waals surface area contributed by atoms with Gasteiger partial charge in [0, 0.05) is 6.42 Å². The Morgan fingerprint density at radius 2 is 2.08 bits per heavy atom. The summed E-state index contributed by atoms with van der Waals surface area (Å²) in [5, 5.41) is 2.53. The molecule has 138 valence electrons. The zero-order chi connectivity index (χ0) is 18.9. The van der Waals surface area contributed by atoms with E-state index in [0.29, 0.717) is 5.56 Å². The van der Waals surface area contributed by atoms with E-state index in [0.717, 1.165) is 4.90 Å². The average molecular weight is 420 g/mol. The van der Waals surface area contributed by atoms with Gasteiger partial charge in [0.25, 0.3) is 0 Å². The van der Waals surface area contributed by atoms with Gasteiger partial charge in [0.2, 0.25) is 5.91 Å². The third kappa shape index (κ3) is 4.87. The molecule has 6 nitrogen and oxygen atoms in total. The van der Waals surface area contributed by atoms with E-state index in [1.165, 1.54) is 6.07 Å². The van der Waals surface area contributed by atoms with Gasteiger partial charge in [-0.1, -0.05) is 0 Å². The Morgan fingerprint density at radius 1 is 1.44 bits per heavy atom. The standard InChI is InChI=1S/C16H20BrF2N3O3/c1-8-5-10(19)12(17)20-13(8)21-14(23)11-6-9(18)7-22(11)15(24)25-16(2,3)4/h5,9,11H,6-7H2,1-4H3,(H,20,21,23)/t9-,11+/m1/s1. The molecular weight excluding hydrogens is 400 g/mol. The first-order chi connectivity index (χ1) is 11.5. The Balaban J connectivity index is 2.16. The number of aryl methyl sites for hydroxylation is 1. The van der Waals surface area contributed by atoms with Gasteiger partial charge in [0.15, 0.2) is 5.82 Å². The van der Waals surface area contributed by atoms with Gasteiger partial charge in [-0.2, -0.15) is 0 Å². The maximum atomic E-state index is 13.8. The molecule has 2 rings (SSSR count). The van der Waals surface area contributed by atoms with E-state index in [4.69, 9.17) is 4.74 Å². The number of rotatable bonds is 2. The van der Waals surface area contributed by atoms with Crippen LogP contribution in [0.15, 0.2) is 10.7 Å². The van der Waals surface area contributed by atoms with E-state index in [-0.39, 0.29) is 23.4 Å². The number of carbonyl (C=O) groups is 2. The number of anilines is 1. The number of hydrogen-bond donors (Lipinski definition) is 1. The molecule has 0 spiro atoms. The molecule has 1 aliphatic rings. The van der Waals surface area contributed by atoms with Crippen LogP contribution in [-0.2, 0) is 9.53 Å². The average Bonchev–Trinajstić information content (AvgIpc) is 2.85. The van der Waals surface area contributed by atoms with Crippen molar-refractivity contribution < 1.29 is 23.1 Å². The van der Waals surface area contributed by atoms with E-state index in [1.54, 1.807) is 27.7 Å². The first-order valence-electron chi connectivity index (χ1n) is 7.75. The predicted molar refractivity (Wildman–Crippen MR) is 91.5 cm³/mol. The summed E-state index contributed by atoms with van der Waals surface area (Å²) in [6, 6.07) is 0.195. The highest BCUT2D eigenvalue weighted by Gasteiger charge is 2.42. The second kappa shape index (κ2) is 7.23. The molecule has 1 N–H and O–H groups in total. The number of hydrogen-bond acceptors (Lipinski definition) is 4. The minimum Gasteiger partial charge on any atom is -0.444 e. The highest BCUT2D eigenvalue weighted by molar-refractivity contribution is 9.10. The number of halogens is 3. The lowest BCUT2D eigenvalue weighted by Gasteiger charge is -2.27. The molecule has 1 aliphatic heterocycles. The number of alkyl halides is 1. The monoisotopic (exact) mass is 419 g/mol.